The number of nitrogens with zero attached hydrogens (tertiary/aromatic N) is 2. The number of halogens is 1. The van der Waals surface area contributed by atoms with E-state index in [1.807, 2.05) is 0 Å². The van der Waals surface area contributed by atoms with E-state index in [0.29, 0.717) is 38.9 Å². The molecule has 1 aliphatic heterocycles. The molecule has 1 aromatic carbocycles. The number of nitrogens with one attached hydrogen (secondary N) is 1. The van der Waals surface area contributed by atoms with Gasteiger partial charge >= 0.3 is 6.03 Å². The minimum Gasteiger partial charge on any atom is -0.352 e. The van der Waals surface area contributed by atoms with Gasteiger partial charge in [0.2, 0.25) is 15.9 Å². The molecule has 0 spiro atoms. The third-order valence-corrected chi connectivity index (χ3v) is 6.04. The first kappa shape index (κ1) is 20.1. The summed E-state index contributed by atoms with van der Waals surface area (Å²) in [4.78, 5) is 24.2. The number of primary amides is 1. The van der Waals surface area contributed by atoms with Gasteiger partial charge in [0.25, 0.3) is 0 Å². The summed E-state index contributed by atoms with van der Waals surface area (Å²) in [5, 5.41) is 2.45. The van der Waals surface area contributed by atoms with E-state index < -0.39 is 21.9 Å². The van der Waals surface area contributed by atoms with Crippen molar-refractivity contribution in [3.05, 3.63) is 30.1 Å². The summed E-state index contributed by atoms with van der Waals surface area (Å²) < 4.78 is 39.6. The monoisotopic (exact) mass is 386 g/mol. The molecule has 0 saturated carbocycles. The zero-order valence-corrected chi connectivity index (χ0v) is 15.2. The Bertz CT molecular complexity index is 748. The number of hydrogen-bond acceptors (Lipinski definition) is 4. The number of rotatable bonds is 7. The molecule has 1 aliphatic rings. The number of unbranched alkanes of at least 4 members (excludes halogenated alkanes) is 1. The van der Waals surface area contributed by atoms with Crippen molar-refractivity contribution in [3.63, 3.8) is 0 Å². The number of urea groups is 1. The highest BCUT2D eigenvalue weighted by Crippen LogP contribution is 2.18. The zero-order chi connectivity index (χ0) is 19.2. The Morgan fingerprint density at radius 1 is 1.15 bits per heavy atom. The fourth-order valence-corrected chi connectivity index (χ4v) is 4.18. The van der Waals surface area contributed by atoms with E-state index in [4.69, 9.17) is 5.73 Å². The highest BCUT2D eigenvalue weighted by Gasteiger charge is 2.30. The van der Waals surface area contributed by atoms with Crippen LogP contribution in [-0.4, -0.2) is 62.3 Å². The highest BCUT2D eigenvalue weighted by atomic mass is 32.2. The van der Waals surface area contributed by atoms with Crippen LogP contribution in [0.25, 0.3) is 0 Å². The molecule has 1 heterocycles. The maximum Gasteiger partial charge on any atom is 0.312 e. The van der Waals surface area contributed by atoms with Crippen LogP contribution in [0.3, 0.4) is 0 Å². The number of benzene rings is 1. The van der Waals surface area contributed by atoms with E-state index in [9.17, 15) is 22.4 Å². The van der Waals surface area contributed by atoms with E-state index in [1.165, 1.54) is 22.5 Å². The molecule has 0 aliphatic carbocycles. The first-order chi connectivity index (χ1) is 12.3. The minimum atomic E-state index is -3.76. The normalized spacial score (nSPS) is 15.7. The molecule has 0 aromatic heterocycles. The summed E-state index contributed by atoms with van der Waals surface area (Å²) >= 11 is 0. The average molecular weight is 386 g/mol. The van der Waals surface area contributed by atoms with Gasteiger partial charge in [0, 0.05) is 39.1 Å². The number of sulfonamides is 1. The van der Waals surface area contributed by atoms with Crippen molar-refractivity contribution in [2.45, 2.75) is 24.2 Å². The molecule has 0 radical (unpaired) electrons. The van der Waals surface area contributed by atoms with Crippen molar-refractivity contribution in [2.24, 2.45) is 5.73 Å². The molecule has 144 valence electrons. The van der Waals surface area contributed by atoms with Crippen LogP contribution >= 0.6 is 0 Å². The summed E-state index contributed by atoms with van der Waals surface area (Å²) in [6, 6.07) is 4.30. The minimum absolute atomic E-state index is 0.0492. The summed E-state index contributed by atoms with van der Waals surface area (Å²) in [5.74, 6) is -0.655. The molecule has 2 rings (SSSR count). The van der Waals surface area contributed by atoms with Gasteiger partial charge in [0.1, 0.15) is 5.82 Å². The van der Waals surface area contributed by atoms with Crippen molar-refractivity contribution in [2.75, 3.05) is 32.7 Å². The average Bonchev–Trinajstić information content (AvgIpc) is 2.61. The van der Waals surface area contributed by atoms with Gasteiger partial charge in [0.15, 0.2) is 0 Å². The fourth-order valence-electron chi connectivity index (χ4n) is 2.73. The maximum absolute atomic E-state index is 13.3. The van der Waals surface area contributed by atoms with Crippen LogP contribution < -0.4 is 11.1 Å². The summed E-state index contributed by atoms with van der Waals surface area (Å²) in [5.41, 5.74) is 4.95. The Morgan fingerprint density at radius 2 is 1.85 bits per heavy atom. The SMILES string of the molecule is NC(=O)NCCCCC(=O)N1CCN(S(=O)(=O)c2cccc(F)c2)CC1. The Morgan fingerprint density at radius 3 is 2.46 bits per heavy atom. The Hall–Kier alpha value is -2.20. The molecule has 1 aromatic rings. The lowest BCUT2D eigenvalue weighted by atomic mass is 10.2. The Labute approximate surface area is 152 Å². The molecule has 8 nitrogen and oxygen atoms in total. The van der Waals surface area contributed by atoms with E-state index in [1.54, 1.807) is 4.90 Å². The van der Waals surface area contributed by atoms with Gasteiger partial charge in [0.05, 0.1) is 4.90 Å². The van der Waals surface area contributed by atoms with Crippen LogP contribution in [0.2, 0.25) is 0 Å². The number of carbonyl (C=O) groups is 2. The maximum atomic E-state index is 13.3. The van der Waals surface area contributed by atoms with Crippen molar-refractivity contribution in [1.29, 1.82) is 0 Å². The molecule has 1 saturated heterocycles. The third kappa shape index (κ3) is 5.40. The lowest BCUT2D eigenvalue weighted by Gasteiger charge is -2.34. The number of piperazine rings is 1. The van der Waals surface area contributed by atoms with Crippen LogP contribution in [0.15, 0.2) is 29.2 Å². The smallest absolute Gasteiger partial charge is 0.312 e. The first-order valence-corrected chi connectivity index (χ1v) is 9.81. The second-order valence-corrected chi connectivity index (χ2v) is 7.93. The second-order valence-electron chi connectivity index (χ2n) is 5.99. The summed E-state index contributed by atoms with van der Waals surface area (Å²) in [7, 11) is -3.76. The lowest BCUT2D eigenvalue weighted by molar-refractivity contribution is -0.132. The van der Waals surface area contributed by atoms with Gasteiger partial charge in [-0.05, 0) is 31.0 Å². The molecule has 0 bridgehead atoms. The summed E-state index contributed by atoms with van der Waals surface area (Å²) in [6.07, 6.45) is 1.58. The highest BCUT2D eigenvalue weighted by molar-refractivity contribution is 7.89. The zero-order valence-electron chi connectivity index (χ0n) is 14.4. The molecule has 26 heavy (non-hydrogen) atoms. The molecule has 0 unspecified atom stereocenters. The number of nitrogens with two attached hydrogens (primary N) is 1. The molecule has 3 amide bonds. The van der Waals surface area contributed by atoms with Crippen LogP contribution in [0.4, 0.5) is 9.18 Å². The van der Waals surface area contributed by atoms with Gasteiger partial charge in [-0.1, -0.05) is 6.07 Å². The second kappa shape index (κ2) is 8.95. The van der Waals surface area contributed by atoms with Crippen LogP contribution in [0.1, 0.15) is 19.3 Å². The van der Waals surface area contributed by atoms with Crippen molar-refractivity contribution in [3.8, 4) is 0 Å². The van der Waals surface area contributed by atoms with E-state index in [0.717, 1.165) is 6.07 Å². The quantitative estimate of drug-likeness (QED) is 0.664. The van der Waals surface area contributed by atoms with Crippen molar-refractivity contribution >= 4 is 22.0 Å². The van der Waals surface area contributed by atoms with E-state index in [2.05, 4.69) is 5.32 Å². The third-order valence-electron chi connectivity index (χ3n) is 4.14. The van der Waals surface area contributed by atoms with Gasteiger partial charge < -0.3 is 16.0 Å². The fraction of sp³-hybridized carbons (Fsp3) is 0.500. The predicted octanol–water partition coefficient (Wildman–Crippen LogP) is 0.497. The van der Waals surface area contributed by atoms with Crippen LogP contribution in [0.5, 0.6) is 0 Å². The van der Waals surface area contributed by atoms with E-state index in [-0.39, 0.29) is 23.9 Å². The van der Waals surface area contributed by atoms with Gasteiger partial charge in [-0.25, -0.2) is 17.6 Å². The molecule has 3 N–H and O–H groups in total. The van der Waals surface area contributed by atoms with Crippen LogP contribution in [0, 0.1) is 5.82 Å². The van der Waals surface area contributed by atoms with Gasteiger partial charge in [-0.2, -0.15) is 4.31 Å². The number of hydrogen-bond donors (Lipinski definition) is 2. The molecular formula is C16H23FN4O4S. The Balaban J connectivity index is 1.81. The van der Waals surface area contributed by atoms with E-state index >= 15 is 0 Å². The largest absolute Gasteiger partial charge is 0.352 e. The van der Waals surface area contributed by atoms with Gasteiger partial charge in [-0.15, -0.1) is 0 Å². The molecule has 1 fully saturated rings. The lowest BCUT2D eigenvalue weighted by Crippen LogP contribution is -2.50. The summed E-state index contributed by atoms with van der Waals surface area (Å²) in [6.45, 7) is 1.36. The Kier molecular flexibility index (Phi) is 6.92. The predicted molar refractivity (Wildman–Crippen MR) is 93.2 cm³/mol. The molecule has 0 atom stereocenters. The molecule has 10 heteroatoms. The standard InChI is InChI=1S/C16H23FN4O4S/c17-13-4-3-5-14(12-13)26(24,25)21-10-8-20(9-11-21)15(22)6-1-2-7-19-16(18)23/h3-5,12H,1-2,6-11H2,(H3,18,19,23). The van der Waals surface area contributed by atoms with Crippen molar-refractivity contribution in [1.82, 2.24) is 14.5 Å². The topological polar surface area (TPSA) is 113 Å². The van der Waals surface area contributed by atoms with Crippen molar-refractivity contribution < 1.29 is 22.4 Å². The van der Waals surface area contributed by atoms with Gasteiger partial charge in [-0.3, -0.25) is 4.79 Å². The first-order valence-electron chi connectivity index (χ1n) is 8.37. The number of carbonyl (C=O) groups excluding carboxylic acids is 2. The number of amides is 3. The van der Waals surface area contributed by atoms with Crippen LogP contribution in [-0.2, 0) is 14.8 Å². The molecular weight excluding hydrogens is 363 g/mol.